The van der Waals surface area contributed by atoms with Gasteiger partial charge < -0.3 is 9.47 Å². The summed E-state index contributed by atoms with van der Waals surface area (Å²) in [6, 6.07) is 4.02. The third kappa shape index (κ3) is 2.81. The number of hydrogen-bond donors (Lipinski definition) is 0. The Hall–Kier alpha value is -2.01. The number of benzene rings is 1. The topological polar surface area (TPSA) is 36.3 Å². The van der Waals surface area contributed by atoms with Gasteiger partial charge in [-0.15, -0.1) is 0 Å². The molecule has 6 heteroatoms. The van der Waals surface area contributed by atoms with Gasteiger partial charge in [-0.3, -0.25) is 4.57 Å². The molecule has 116 valence electrons. The van der Waals surface area contributed by atoms with E-state index in [-0.39, 0.29) is 10.4 Å². The number of rotatable bonds is 3. The number of hydrogen-bond acceptors (Lipinski definition) is 3. The zero-order chi connectivity index (χ0) is 15.7. The summed E-state index contributed by atoms with van der Waals surface area (Å²) in [4.78, 5) is 4.04. The monoisotopic (exact) mass is 322 g/mol. The fraction of sp³-hybridized carbons (Fsp3) is 0.312. The van der Waals surface area contributed by atoms with E-state index in [0.717, 1.165) is 12.2 Å². The summed E-state index contributed by atoms with van der Waals surface area (Å²) in [5.41, 5.74) is -0.161. The molecule has 0 radical (unpaired) electrons. The van der Waals surface area contributed by atoms with Gasteiger partial charge in [0.2, 0.25) is 5.88 Å². The van der Waals surface area contributed by atoms with E-state index in [2.05, 4.69) is 18.8 Å². The summed E-state index contributed by atoms with van der Waals surface area (Å²) in [7, 11) is 0. The maximum atomic E-state index is 13.2. The van der Waals surface area contributed by atoms with Gasteiger partial charge in [0.05, 0.1) is 11.6 Å². The van der Waals surface area contributed by atoms with Gasteiger partial charge in [0.25, 0.3) is 0 Å². The predicted molar refractivity (Wildman–Crippen MR) is 81.8 cm³/mol. The Morgan fingerprint density at radius 3 is 2.86 bits per heavy atom. The van der Waals surface area contributed by atoms with Gasteiger partial charge in [0.15, 0.2) is 5.76 Å². The minimum atomic E-state index is -0.411. The highest BCUT2D eigenvalue weighted by molar-refractivity contribution is 6.32. The van der Waals surface area contributed by atoms with Crippen LogP contribution in [0.3, 0.4) is 0 Å². The summed E-state index contributed by atoms with van der Waals surface area (Å²) in [6.45, 7) is 4.80. The SMILES string of the molecule is CC1(C)CCOC1=C(Oc1ccc(F)cc1Cl)n1ccnc1. The maximum absolute atomic E-state index is 13.2. The van der Waals surface area contributed by atoms with Crippen LogP contribution in [-0.4, -0.2) is 16.2 Å². The lowest BCUT2D eigenvalue weighted by Crippen LogP contribution is -2.15. The maximum Gasteiger partial charge on any atom is 0.244 e. The van der Waals surface area contributed by atoms with Crippen molar-refractivity contribution in [3.63, 3.8) is 0 Å². The van der Waals surface area contributed by atoms with Crippen molar-refractivity contribution in [2.75, 3.05) is 6.61 Å². The fourth-order valence-corrected chi connectivity index (χ4v) is 2.53. The van der Waals surface area contributed by atoms with Gasteiger partial charge in [-0.05, 0) is 24.6 Å². The van der Waals surface area contributed by atoms with Crippen molar-refractivity contribution in [2.24, 2.45) is 5.41 Å². The lowest BCUT2D eigenvalue weighted by Gasteiger charge is -2.21. The number of aromatic nitrogens is 2. The molecule has 1 aromatic carbocycles. The average molecular weight is 323 g/mol. The molecule has 0 atom stereocenters. The first-order valence-electron chi connectivity index (χ1n) is 6.96. The molecule has 1 aromatic heterocycles. The predicted octanol–water partition coefficient (Wildman–Crippen LogP) is 4.33. The van der Waals surface area contributed by atoms with Crippen LogP contribution in [0.5, 0.6) is 5.75 Å². The molecule has 3 rings (SSSR count). The average Bonchev–Trinajstić information content (AvgIpc) is 3.08. The highest BCUT2D eigenvalue weighted by Crippen LogP contribution is 2.41. The Balaban J connectivity index is 2.06. The molecule has 2 aromatic rings. The van der Waals surface area contributed by atoms with E-state index >= 15 is 0 Å². The zero-order valence-electron chi connectivity index (χ0n) is 12.3. The lowest BCUT2D eigenvalue weighted by atomic mass is 9.89. The molecule has 0 amide bonds. The number of ether oxygens (including phenoxy) is 2. The first kappa shape index (κ1) is 14.9. The minimum absolute atomic E-state index is 0.161. The molecule has 4 nitrogen and oxygen atoms in total. The van der Waals surface area contributed by atoms with Gasteiger partial charge in [0.1, 0.15) is 17.9 Å². The van der Waals surface area contributed by atoms with Crippen LogP contribution in [0.25, 0.3) is 5.88 Å². The largest absolute Gasteiger partial charge is 0.492 e. The number of allylic oxidation sites excluding steroid dienone is 1. The minimum Gasteiger partial charge on any atom is -0.492 e. The second kappa shape index (κ2) is 5.65. The Labute approximate surface area is 133 Å². The highest BCUT2D eigenvalue weighted by Gasteiger charge is 2.36. The third-order valence-corrected chi connectivity index (χ3v) is 3.92. The summed E-state index contributed by atoms with van der Waals surface area (Å²) in [6.07, 6.45) is 5.92. The van der Waals surface area contributed by atoms with Crippen molar-refractivity contribution in [1.29, 1.82) is 0 Å². The molecule has 0 aliphatic carbocycles. The van der Waals surface area contributed by atoms with E-state index in [1.54, 1.807) is 23.3 Å². The number of halogens is 2. The third-order valence-electron chi connectivity index (χ3n) is 3.62. The van der Waals surface area contributed by atoms with Gasteiger partial charge in [-0.2, -0.15) is 0 Å². The zero-order valence-corrected chi connectivity index (χ0v) is 13.1. The molecule has 1 saturated heterocycles. The van der Waals surface area contributed by atoms with Crippen molar-refractivity contribution in [1.82, 2.24) is 9.55 Å². The van der Waals surface area contributed by atoms with Crippen LogP contribution >= 0.6 is 11.6 Å². The van der Waals surface area contributed by atoms with Crippen LogP contribution in [0, 0.1) is 11.2 Å². The lowest BCUT2D eigenvalue weighted by molar-refractivity contribution is 0.237. The number of nitrogens with zero attached hydrogens (tertiary/aromatic N) is 2. The molecule has 0 N–H and O–H groups in total. The van der Waals surface area contributed by atoms with Crippen LogP contribution in [0.2, 0.25) is 5.02 Å². The molecule has 22 heavy (non-hydrogen) atoms. The van der Waals surface area contributed by atoms with Crippen LogP contribution in [0.15, 0.2) is 42.7 Å². The van der Waals surface area contributed by atoms with Crippen molar-refractivity contribution < 1.29 is 13.9 Å². The second-order valence-corrected chi connectivity index (χ2v) is 6.17. The molecule has 2 heterocycles. The summed E-state index contributed by atoms with van der Waals surface area (Å²) >= 11 is 6.06. The van der Waals surface area contributed by atoms with Crippen molar-refractivity contribution in [3.8, 4) is 5.75 Å². The van der Waals surface area contributed by atoms with Gasteiger partial charge in [-0.1, -0.05) is 25.4 Å². The van der Waals surface area contributed by atoms with Crippen LogP contribution in [0.4, 0.5) is 4.39 Å². The Bertz CT molecular complexity index is 711. The molecule has 1 fully saturated rings. The van der Waals surface area contributed by atoms with E-state index in [9.17, 15) is 4.39 Å². The van der Waals surface area contributed by atoms with Gasteiger partial charge in [-0.25, -0.2) is 9.37 Å². The van der Waals surface area contributed by atoms with Gasteiger partial charge >= 0.3 is 0 Å². The van der Waals surface area contributed by atoms with Crippen LogP contribution in [0.1, 0.15) is 20.3 Å². The Kier molecular flexibility index (Phi) is 3.83. The molecule has 0 saturated carbocycles. The van der Waals surface area contributed by atoms with E-state index in [1.807, 2.05) is 0 Å². The summed E-state index contributed by atoms with van der Waals surface area (Å²) in [5.74, 6) is 1.18. The standard InChI is InChI=1S/C16H16ClFN2O2/c1-16(2)5-8-21-14(16)15(20-7-6-19-10-20)22-13-4-3-11(18)9-12(13)17/h3-4,6-7,9-10H,5,8H2,1-2H3. The van der Waals surface area contributed by atoms with Crippen molar-refractivity contribution in [3.05, 3.63) is 53.5 Å². The molecule has 0 spiro atoms. The molecular weight excluding hydrogens is 307 g/mol. The number of imidazole rings is 1. The highest BCUT2D eigenvalue weighted by atomic mass is 35.5. The van der Waals surface area contributed by atoms with Crippen LogP contribution < -0.4 is 4.74 Å². The first-order valence-corrected chi connectivity index (χ1v) is 7.34. The molecular formula is C16H16ClFN2O2. The normalized spacial score (nSPS) is 18.9. The van der Waals surface area contributed by atoms with E-state index in [0.29, 0.717) is 18.2 Å². The molecule has 1 aliphatic rings. The smallest absolute Gasteiger partial charge is 0.244 e. The molecule has 0 unspecified atom stereocenters. The van der Waals surface area contributed by atoms with Crippen LogP contribution in [-0.2, 0) is 4.74 Å². The fourth-order valence-electron chi connectivity index (χ4n) is 2.33. The van der Waals surface area contributed by atoms with E-state index < -0.39 is 5.82 Å². The van der Waals surface area contributed by atoms with E-state index in [1.165, 1.54) is 18.2 Å². The summed E-state index contributed by atoms with van der Waals surface area (Å²) < 4.78 is 26.6. The quantitative estimate of drug-likeness (QED) is 0.789. The van der Waals surface area contributed by atoms with E-state index in [4.69, 9.17) is 21.1 Å². The molecule has 0 bridgehead atoms. The van der Waals surface area contributed by atoms with Crippen molar-refractivity contribution in [2.45, 2.75) is 20.3 Å². The Morgan fingerprint density at radius 1 is 1.45 bits per heavy atom. The van der Waals surface area contributed by atoms with Gasteiger partial charge in [0, 0.05) is 17.8 Å². The molecule has 1 aliphatic heterocycles. The first-order chi connectivity index (χ1) is 10.5. The second-order valence-electron chi connectivity index (χ2n) is 5.76. The van der Waals surface area contributed by atoms with Crippen molar-refractivity contribution >= 4 is 17.5 Å². The summed E-state index contributed by atoms with van der Waals surface area (Å²) in [5, 5.41) is 0.203. The Morgan fingerprint density at radius 2 is 2.27 bits per heavy atom.